The van der Waals surface area contributed by atoms with Gasteiger partial charge in [0, 0.05) is 18.5 Å². The van der Waals surface area contributed by atoms with Crippen LogP contribution in [-0.2, 0) is 4.79 Å². The summed E-state index contributed by atoms with van der Waals surface area (Å²) in [6.45, 7) is 8.24. The number of nitrogens with one attached hydrogen (secondary N) is 1. The summed E-state index contributed by atoms with van der Waals surface area (Å²) >= 11 is 0. The van der Waals surface area contributed by atoms with Crippen LogP contribution in [0.1, 0.15) is 31.4 Å². The van der Waals surface area contributed by atoms with E-state index in [9.17, 15) is 9.90 Å². The molecule has 0 saturated heterocycles. The van der Waals surface area contributed by atoms with Crippen molar-refractivity contribution in [3.05, 3.63) is 29.3 Å². The Balaban J connectivity index is 2.42. The van der Waals surface area contributed by atoms with Crippen LogP contribution in [0.2, 0.25) is 0 Å². The van der Waals surface area contributed by atoms with Crippen LogP contribution in [0.3, 0.4) is 0 Å². The molecule has 1 rings (SSSR count). The van der Waals surface area contributed by atoms with Gasteiger partial charge in [-0.15, -0.1) is 0 Å². The molecule has 5 heteroatoms. The highest BCUT2D eigenvalue weighted by Crippen LogP contribution is 2.19. The van der Waals surface area contributed by atoms with E-state index in [1.54, 1.807) is 0 Å². The van der Waals surface area contributed by atoms with E-state index in [0.29, 0.717) is 6.54 Å². The Morgan fingerprint density at radius 3 is 2.71 bits per heavy atom. The zero-order chi connectivity index (χ0) is 16.0. The third-order valence-electron chi connectivity index (χ3n) is 3.21. The first-order valence-electron chi connectivity index (χ1n) is 7.11. The lowest BCUT2D eigenvalue weighted by atomic mass is 10.0. The predicted molar refractivity (Wildman–Crippen MR) is 83.3 cm³/mol. The monoisotopic (exact) mass is 294 g/mol. The van der Waals surface area contributed by atoms with Gasteiger partial charge in [-0.2, -0.15) is 0 Å². The second-order valence-electron chi connectivity index (χ2n) is 6.14. The Morgan fingerprint density at radius 1 is 1.43 bits per heavy atom. The summed E-state index contributed by atoms with van der Waals surface area (Å²) in [4.78, 5) is 10.9. The number of primary amides is 1. The fourth-order valence-electron chi connectivity index (χ4n) is 2.00. The van der Waals surface area contributed by atoms with Crippen LogP contribution in [0, 0.1) is 13.8 Å². The smallest absolute Gasteiger partial charge is 0.219 e. The quantitative estimate of drug-likeness (QED) is 0.674. The van der Waals surface area contributed by atoms with Gasteiger partial charge < -0.3 is 20.9 Å². The number of amides is 1. The molecule has 1 unspecified atom stereocenters. The number of ether oxygens (including phenoxy) is 1. The largest absolute Gasteiger partial charge is 0.491 e. The number of β-amino-alcohol motifs (C(OH)–C–C–N with tert-alkyl or cyclic N) is 1. The molecule has 0 heterocycles. The average molecular weight is 294 g/mol. The zero-order valence-corrected chi connectivity index (χ0v) is 13.3. The Kier molecular flexibility index (Phi) is 6.18. The van der Waals surface area contributed by atoms with Gasteiger partial charge >= 0.3 is 0 Å². The molecular weight excluding hydrogens is 268 g/mol. The van der Waals surface area contributed by atoms with Gasteiger partial charge in [0.05, 0.1) is 0 Å². The van der Waals surface area contributed by atoms with Crippen LogP contribution in [0.15, 0.2) is 18.2 Å². The standard InChI is InChI=1S/C16H26N2O3/c1-11-5-6-12(2)14(7-11)21-10-13(19)9-18-16(3,4)8-15(17)20/h5-7,13,18-19H,8-10H2,1-4H3,(H2,17,20). The number of aliphatic hydroxyl groups excluding tert-OH is 1. The minimum Gasteiger partial charge on any atom is -0.491 e. The molecule has 1 atom stereocenters. The van der Waals surface area contributed by atoms with Gasteiger partial charge in [-0.3, -0.25) is 4.79 Å². The molecule has 1 aromatic carbocycles. The molecule has 118 valence electrons. The number of aliphatic hydroxyl groups is 1. The van der Waals surface area contributed by atoms with Crippen LogP contribution in [0.25, 0.3) is 0 Å². The maximum absolute atomic E-state index is 10.9. The summed E-state index contributed by atoms with van der Waals surface area (Å²) in [7, 11) is 0. The van der Waals surface area contributed by atoms with Gasteiger partial charge in [-0.25, -0.2) is 0 Å². The lowest BCUT2D eigenvalue weighted by molar-refractivity contribution is -0.119. The van der Waals surface area contributed by atoms with Gasteiger partial charge in [-0.05, 0) is 44.9 Å². The third-order valence-corrected chi connectivity index (χ3v) is 3.21. The number of benzene rings is 1. The first kappa shape index (κ1) is 17.5. The zero-order valence-electron chi connectivity index (χ0n) is 13.3. The van der Waals surface area contributed by atoms with Gasteiger partial charge in [-0.1, -0.05) is 12.1 Å². The number of nitrogens with two attached hydrogens (primary N) is 1. The van der Waals surface area contributed by atoms with Crippen LogP contribution in [0.4, 0.5) is 0 Å². The number of carbonyl (C=O) groups is 1. The molecule has 21 heavy (non-hydrogen) atoms. The molecule has 0 spiro atoms. The normalized spacial score (nSPS) is 13.0. The number of hydrogen-bond donors (Lipinski definition) is 3. The molecule has 5 nitrogen and oxygen atoms in total. The lowest BCUT2D eigenvalue weighted by Crippen LogP contribution is -2.46. The molecule has 0 radical (unpaired) electrons. The van der Waals surface area contributed by atoms with Crippen molar-refractivity contribution in [2.75, 3.05) is 13.2 Å². The highest BCUT2D eigenvalue weighted by atomic mass is 16.5. The van der Waals surface area contributed by atoms with Crippen molar-refractivity contribution in [2.24, 2.45) is 5.73 Å². The van der Waals surface area contributed by atoms with Gasteiger partial charge in [0.1, 0.15) is 18.5 Å². The second kappa shape index (κ2) is 7.43. The molecule has 1 aromatic rings. The van der Waals surface area contributed by atoms with Crippen LogP contribution in [0.5, 0.6) is 5.75 Å². The van der Waals surface area contributed by atoms with Crippen molar-refractivity contribution in [3.8, 4) is 5.75 Å². The molecule has 4 N–H and O–H groups in total. The Morgan fingerprint density at radius 2 is 2.10 bits per heavy atom. The molecule has 0 aliphatic rings. The highest BCUT2D eigenvalue weighted by molar-refractivity contribution is 5.74. The second-order valence-corrected chi connectivity index (χ2v) is 6.14. The molecule has 0 saturated carbocycles. The van der Waals surface area contributed by atoms with Crippen molar-refractivity contribution >= 4 is 5.91 Å². The number of aryl methyl sites for hydroxylation is 2. The third kappa shape index (κ3) is 6.60. The van der Waals surface area contributed by atoms with Crippen LogP contribution in [-0.4, -0.2) is 35.8 Å². The fraction of sp³-hybridized carbons (Fsp3) is 0.562. The Bertz CT molecular complexity index is 486. The Hall–Kier alpha value is -1.59. The van der Waals surface area contributed by atoms with Gasteiger partial charge in [0.25, 0.3) is 0 Å². The SMILES string of the molecule is Cc1ccc(C)c(OCC(O)CNC(C)(C)CC(N)=O)c1. The fourth-order valence-corrected chi connectivity index (χ4v) is 2.00. The summed E-state index contributed by atoms with van der Waals surface area (Å²) in [5, 5.41) is 13.1. The van der Waals surface area contributed by atoms with Gasteiger partial charge in [0.15, 0.2) is 0 Å². The minimum absolute atomic E-state index is 0.198. The number of hydrogen-bond acceptors (Lipinski definition) is 4. The molecule has 0 aliphatic heterocycles. The van der Waals surface area contributed by atoms with E-state index in [0.717, 1.165) is 16.9 Å². The first-order valence-corrected chi connectivity index (χ1v) is 7.11. The summed E-state index contributed by atoms with van der Waals surface area (Å²) in [5.74, 6) is 0.416. The highest BCUT2D eigenvalue weighted by Gasteiger charge is 2.21. The van der Waals surface area contributed by atoms with E-state index < -0.39 is 11.6 Å². The molecule has 1 amide bonds. The van der Waals surface area contributed by atoms with E-state index in [1.165, 1.54) is 0 Å². The molecule has 0 aliphatic carbocycles. The predicted octanol–water partition coefficient (Wildman–Crippen LogP) is 1.29. The van der Waals surface area contributed by atoms with E-state index in [1.807, 2.05) is 45.9 Å². The lowest BCUT2D eigenvalue weighted by Gasteiger charge is -2.26. The van der Waals surface area contributed by atoms with Gasteiger partial charge in [0.2, 0.25) is 5.91 Å². The number of rotatable bonds is 8. The van der Waals surface area contributed by atoms with E-state index >= 15 is 0 Å². The van der Waals surface area contributed by atoms with Crippen molar-refractivity contribution in [2.45, 2.75) is 45.8 Å². The topological polar surface area (TPSA) is 84.6 Å². The summed E-state index contributed by atoms with van der Waals surface area (Å²) in [5.41, 5.74) is 6.90. The van der Waals surface area contributed by atoms with Crippen molar-refractivity contribution in [1.29, 1.82) is 0 Å². The molecule has 0 bridgehead atoms. The first-order chi connectivity index (χ1) is 9.69. The summed E-state index contributed by atoms with van der Waals surface area (Å²) in [6.07, 6.45) is -0.436. The van der Waals surface area contributed by atoms with Crippen LogP contribution < -0.4 is 15.8 Å². The maximum atomic E-state index is 10.9. The van der Waals surface area contributed by atoms with Crippen LogP contribution >= 0.6 is 0 Å². The summed E-state index contributed by atoms with van der Waals surface area (Å²) < 4.78 is 5.64. The maximum Gasteiger partial charge on any atom is 0.219 e. The van der Waals surface area contributed by atoms with Crippen molar-refractivity contribution in [3.63, 3.8) is 0 Å². The van der Waals surface area contributed by atoms with Crippen molar-refractivity contribution in [1.82, 2.24) is 5.32 Å². The average Bonchev–Trinajstić information content (AvgIpc) is 2.36. The van der Waals surface area contributed by atoms with E-state index in [-0.39, 0.29) is 18.9 Å². The summed E-state index contributed by atoms with van der Waals surface area (Å²) in [6, 6.07) is 5.96. The van der Waals surface area contributed by atoms with Crippen molar-refractivity contribution < 1.29 is 14.6 Å². The minimum atomic E-state index is -0.655. The number of carbonyl (C=O) groups excluding carboxylic acids is 1. The van der Waals surface area contributed by atoms with E-state index in [2.05, 4.69) is 5.32 Å². The molecular formula is C16H26N2O3. The molecule has 0 fully saturated rings. The Labute approximate surface area is 126 Å². The molecule has 0 aromatic heterocycles. The van der Waals surface area contributed by atoms with E-state index in [4.69, 9.17) is 10.5 Å².